The molecule has 5 nitrogen and oxygen atoms in total. The first-order valence-corrected chi connectivity index (χ1v) is 6.32. The Labute approximate surface area is 114 Å². The van der Waals surface area contributed by atoms with Gasteiger partial charge in [-0.2, -0.15) is 0 Å². The maximum atomic E-state index is 9.26. The van der Waals surface area contributed by atoms with Crippen LogP contribution in [0.1, 0.15) is 24.5 Å². The molecule has 19 heavy (non-hydrogen) atoms. The summed E-state index contributed by atoms with van der Waals surface area (Å²) >= 11 is 0. The van der Waals surface area contributed by atoms with E-state index in [2.05, 4.69) is 4.90 Å². The van der Waals surface area contributed by atoms with Crippen molar-refractivity contribution in [3.8, 4) is 5.75 Å². The lowest BCUT2D eigenvalue weighted by Crippen LogP contribution is -2.22. The second-order valence-electron chi connectivity index (χ2n) is 4.82. The van der Waals surface area contributed by atoms with Gasteiger partial charge in [-0.25, -0.2) is 0 Å². The van der Waals surface area contributed by atoms with Crippen LogP contribution in [0.5, 0.6) is 5.75 Å². The molecule has 0 bridgehead atoms. The van der Waals surface area contributed by atoms with Crippen molar-refractivity contribution in [1.29, 1.82) is 5.41 Å². The predicted molar refractivity (Wildman–Crippen MR) is 76.6 cm³/mol. The summed E-state index contributed by atoms with van der Waals surface area (Å²) in [6, 6.07) is 5.67. The Bertz CT molecular complexity index is 433. The van der Waals surface area contributed by atoms with E-state index in [0.717, 1.165) is 25.1 Å². The fourth-order valence-corrected chi connectivity index (χ4v) is 1.86. The van der Waals surface area contributed by atoms with Crippen LogP contribution in [0.4, 0.5) is 0 Å². The number of nitrogen functional groups attached to an aromatic ring is 1. The van der Waals surface area contributed by atoms with E-state index >= 15 is 0 Å². The lowest BCUT2D eigenvalue weighted by Gasteiger charge is -2.18. The molecule has 5 heteroatoms. The van der Waals surface area contributed by atoms with Crippen molar-refractivity contribution in [2.24, 2.45) is 5.73 Å². The fraction of sp³-hybridized carbons (Fsp3) is 0.500. The van der Waals surface area contributed by atoms with Crippen LogP contribution in [0, 0.1) is 5.41 Å². The maximum absolute atomic E-state index is 9.26. The van der Waals surface area contributed by atoms with Gasteiger partial charge < -0.3 is 20.5 Å². The summed E-state index contributed by atoms with van der Waals surface area (Å²) in [5.74, 6) is 0.619. The van der Waals surface area contributed by atoms with Crippen LogP contribution in [0.15, 0.2) is 18.2 Å². The monoisotopic (exact) mass is 265 g/mol. The number of nitrogens with one attached hydrogen (secondary N) is 1. The molecule has 0 aliphatic heterocycles. The van der Waals surface area contributed by atoms with Gasteiger partial charge in [0.05, 0.1) is 18.8 Å². The van der Waals surface area contributed by atoms with Gasteiger partial charge >= 0.3 is 0 Å². The van der Waals surface area contributed by atoms with Gasteiger partial charge in [-0.1, -0.05) is 6.07 Å². The summed E-state index contributed by atoms with van der Waals surface area (Å²) in [4.78, 5) is 2.12. The van der Waals surface area contributed by atoms with E-state index in [1.807, 2.05) is 25.2 Å². The van der Waals surface area contributed by atoms with Crippen molar-refractivity contribution in [2.45, 2.75) is 26.0 Å². The van der Waals surface area contributed by atoms with Crippen molar-refractivity contribution in [2.75, 3.05) is 20.7 Å². The Hall–Kier alpha value is -1.59. The number of amidine groups is 1. The second-order valence-corrected chi connectivity index (χ2v) is 4.82. The molecule has 0 radical (unpaired) electrons. The van der Waals surface area contributed by atoms with Gasteiger partial charge in [-0.3, -0.25) is 5.41 Å². The third kappa shape index (κ3) is 4.89. The van der Waals surface area contributed by atoms with Crippen LogP contribution in [0.25, 0.3) is 0 Å². The van der Waals surface area contributed by atoms with E-state index in [1.54, 1.807) is 14.0 Å². The van der Waals surface area contributed by atoms with Crippen LogP contribution < -0.4 is 10.5 Å². The van der Waals surface area contributed by atoms with Gasteiger partial charge in [0.15, 0.2) is 0 Å². The molecule has 1 aromatic rings. The number of rotatable bonds is 7. The van der Waals surface area contributed by atoms with Gasteiger partial charge in [0.2, 0.25) is 0 Å². The average Bonchev–Trinajstić information content (AvgIpc) is 2.36. The number of ether oxygens (including phenoxy) is 1. The third-order valence-electron chi connectivity index (χ3n) is 2.94. The standard InChI is InChI=1S/C14H23N3O2/c1-10(18)6-7-17(2)9-11-4-5-13(19-3)12(8-11)14(15)16/h4-5,8,10,18H,6-7,9H2,1-3H3,(H3,15,16). The first-order valence-electron chi connectivity index (χ1n) is 6.32. The topological polar surface area (TPSA) is 82.6 Å². The zero-order valence-electron chi connectivity index (χ0n) is 11.8. The van der Waals surface area contributed by atoms with E-state index in [9.17, 15) is 5.11 Å². The number of aliphatic hydroxyl groups excluding tert-OH is 1. The Kier molecular flexibility index (Phi) is 5.79. The summed E-state index contributed by atoms with van der Waals surface area (Å²) in [7, 11) is 3.57. The minimum absolute atomic E-state index is 0.00494. The minimum Gasteiger partial charge on any atom is -0.496 e. The molecule has 106 valence electrons. The van der Waals surface area contributed by atoms with Crippen molar-refractivity contribution in [3.63, 3.8) is 0 Å². The fourth-order valence-electron chi connectivity index (χ4n) is 1.86. The first-order chi connectivity index (χ1) is 8.93. The second kappa shape index (κ2) is 7.11. The molecule has 0 fully saturated rings. The highest BCUT2D eigenvalue weighted by atomic mass is 16.5. The third-order valence-corrected chi connectivity index (χ3v) is 2.94. The Balaban J connectivity index is 2.74. The van der Waals surface area contributed by atoms with Crippen molar-refractivity contribution >= 4 is 5.84 Å². The molecule has 1 aromatic carbocycles. The SMILES string of the molecule is COc1ccc(CN(C)CCC(C)O)cc1C(=N)N. The molecular weight excluding hydrogens is 242 g/mol. The quantitative estimate of drug-likeness (QED) is 0.511. The van der Waals surface area contributed by atoms with Crippen LogP contribution in [0.2, 0.25) is 0 Å². The average molecular weight is 265 g/mol. The molecule has 0 amide bonds. The largest absolute Gasteiger partial charge is 0.496 e. The van der Waals surface area contributed by atoms with Crippen LogP contribution >= 0.6 is 0 Å². The molecule has 0 aromatic heterocycles. The number of nitrogens with two attached hydrogens (primary N) is 1. The molecular formula is C14H23N3O2. The van der Waals surface area contributed by atoms with Crippen LogP contribution in [-0.2, 0) is 6.54 Å². The number of benzene rings is 1. The number of methoxy groups -OCH3 is 1. The Morgan fingerprint density at radius 1 is 1.53 bits per heavy atom. The predicted octanol–water partition coefficient (Wildman–Crippen LogP) is 1.18. The number of hydrogen-bond acceptors (Lipinski definition) is 4. The number of aliphatic hydroxyl groups is 1. The molecule has 0 spiro atoms. The lowest BCUT2D eigenvalue weighted by molar-refractivity contribution is 0.163. The molecule has 0 heterocycles. The Morgan fingerprint density at radius 2 is 2.21 bits per heavy atom. The highest BCUT2D eigenvalue weighted by molar-refractivity contribution is 5.97. The molecule has 1 atom stereocenters. The lowest BCUT2D eigenvalue weighted by atomic mass is 10.1. The van der Waals surface area contributed by atoms with E-state index in [1.165, 1.54) is 0 Å². The van der Waals surface area contributed by atoms with Gasteiger partial charge in [0.25, 0.3) is 0 Å². The molecule has 0 saturated carbocycles. The van der Waals surface area contributed by atoms with Crippen LogP contribution in [0.3, 0.4) is 0 Å². The smallest absolute Gasteiger partial charge is 0.129 e. The molecule has 1 rings (SSSR count). The highest BCUT2D eigenvalue weighted by Crippen LogP contribution is 2.20. The van der Waals surface area contributed by atoms with E-state index in [0.29, 0.717) is 11.3 Å². The van der Waals surface area contributed by atoms with Crippen LogP contribution in [-0.4, -0.2) is 42.6 Å². The summed E-state index contributed by atoms with van der Waals surface area (Å²) in [6.07, 6.45) is 0.456. The summed E-state index contributed by atoms with van der Waals surface area (Å²) < 4.78 is 5.18. The number of hydrogen-bond donors (Lipinski definition) is 3. The molecule has 0 aliphatic carbocycles. The van der Waals surface area contributed by atoms with E-state index < -0.39 is 0 Å². The van der Waals surface area contributed by atoms with Crippen molar-refractivity contribution < 1.29 is 9.84 Å². The van der Waals surface area contributed by atoms with Crippen molar-refractivity contribution in [1.82, 2.24) is 4.90 Å². The number of nitrogens with zero attached hydrogens (tertiary/aromatic N) is 1. The van der Waals surface area contributed by atoms with Gasteiger partial charge in [-0.15, -0.1) is 0 Å². The van der Waals surface area contributed by atoms with Gasteiger partial charge in [0.1, 0.15) is 11.6 Å². The molecule has 4 N–H and O–H groups in total. The zero-order chi connectivity index (χ0) is 14.4. The zero-order valence-corrected chi connectivity index (χ0v) is 11.8. The normalized spacial score (nSPS) is 12.5. The molecule has 1 unspecified atom stereocenters. The summed E-state index contributed by atoms with van der Waals surface area (Å²) in [6.45, 7) is 3.35. The van der Waals surface area contributed by atoms with Gasteiger partial charge in [-0.05, 0) is 38.1 Å². The summed E-state index contributed by atoms with van der Waals surface area (Å²) in [5.41, 5.74) is 7.23. The maximum Gasteiger partial charge on any atom is 0.129 e. The minimum atomic E-state index is -0.286. The van der Waals surface area contributed by atoms with E-state index in [-0.39, 0.29) is 11.9 Å². The molecule has 0 saturated heterocycles. The van der Waals surface area contributed by atoms with Gasteiger partial charge in [0, 0.05) is 13.1 Å². The molecule has 0 aliphatic rings. The first kappa shape index (κ1) is 15.5. The summed E-state index contributed by atoms with van der Waals surface area (Å²) in [5, 5.41) is 16.8. The highest BCUT2D eigenvalue weighted by Gasteiger charge is 2.09. The Morgan fingerprint density at radius 3 is 2.74 bits per heavy atom. The van der Waals surface area contributed by atoms with Crippen molar-refractivity contribution in [3.05, 3.63) is 29.3 Å². The van der Waals surface area contributed by atoms with E-state index in [4.69, 9.17) is 15.9 Å².